The van der Waals surface area contributed by atoms with Crippen molar-refractivity contribution in [1.29, 1.82) is 0 Å². The quantitative estimate of drug-likeness (QED) is 0.664. The van der Waals surface area contributed by atoms with Crippen LogP contribution in [0.4, 0.5) is 0 Å². The summed E-state index contributed by atoms with van der Waals surface area (Å²) in [4.78, 5) is 13.6. The molecule has 88 valence electrons. The summed E-state index contributed by atoms with van der Waals surface area (Å²) in [5, 5.41) is 16.8. The van der Waals surface area contributed by atoms with Gasteiger partial charge in [-0.25, -0.2) is 0 Å². The monoisotopic (exact) mass is 224 g/mol. The Labute approximate surface area is 93.9 Å². The van der Waals surface area contributed by atoms with Crippen molar-refractivity contribution in [2.75, 3.05) is 20.1 Å². The van der Waals surface area contributed by atoms with Gasteiger partial charge in [-0.1, -0.05) is 0 Å². The van der Waals surface area contributed by atoms with Crippen LogP contribution in [0.5, 0.6) is 0 Å². The number of aliphatic hydroxyl groups is 1. The summed E-state index contributed by atoms with van der Waals surface area (Å²) in [7, 11) is 3.46. The molecular formula is C10H16N4O2. The molecule has 0 bridgehead atoms. The van der Waals surface area contributed by atoms with E-state index >= 15 is 0 Å². The number of hydrogen-bond donors (Lipinski definition) is 2. The van der Waals surface area contributed by atoms with Crippen molar-refractivity contribution in [2.24, 2.45) is 7.05 Å². The number of carbonyl (C=O) groups is 1. The first-order valence-corrected chi connectivity index (χ1v) is 5.25. The zero-order valence-electron chi connectivity index (χ0n) is 9.42. The van der Waals surface area contributed by atoms with E-state index in [1.165, 1.54) is 0 Å². The number of carbonyl (C=O) groups excluding carboxylic acids is 1. The Morgan fingerprint density at radius 3 is 2.94 bits per heavy atom. The first-order valence-electron chi connectivity index (χ1n) is 5.25. The smallest absolute Gasteiger partial charge is 0.274 e. The van der Waals surface area contributed by atoms with Gasteiger partial charge in [0.25, 0.3) is 5.91 Å². The average molecular weight is 224 g/mol. The second-order valence-electron chi connectivity index (χ2n) is 4.08. The maximum Gasteiger partial charge on any atom is 0.274 e. The van der Waals surface area contributed by atoms with Gasteiger partial charge in [0.05, 0.1) is 12.1 Å². The molecule has 1 aliphatic heterocycles. The van der Waals surface area contributed by atoms with Crippen LogP contribution < -0.4 is 5.32 Å². The van der Waals surface area contributed by atoms with E-state index in [1.807, 2.05) is 0 Å². The molecule has 6 heteroatoms. The van der Waals surface area contributed by atoms with Crippen LogP contribution in [-0.2, 0) is 7.05 Å². The number of aromatic nitrogens is 2. The van der Waals surface area contributed by atoms with Gasteiger partial charge in [-0.15, -0.1) is 0 Å². The molecule has 2 atom stereocenters. The molecule has 6 nitrogen and oxygen atoms in total. The number of rotatable bonds is 2. The highest BCUT2D eigenvalue weighted by atomic mass is 16.3. The molecule has 0 saturated carbocycles. The van der Waals surface area contributed by atoms with E-state index in [0.717, 1.165) is 0 Å². The molecule has 0 aromatic carbocycles. The number of nitrogens with zero attached hydrogens (tertiary/aromatic N) is 3. The van der Waals surface area contributed by atoms with Crippen molar-refractivity contribution < 1.29 is 9.90 Å². The van der Waals surface area contributed by atoms with Crippen LogP contribution in [0.25, 0.3) is 0 Å². The van der Waals surface area contributed by atoms with E-state index in [4.69, 9.17) is 0 Å². The van der Waals surface area contributed by atoms with Gasteiger partial charge in [-0.3, -0.25) is 9.48 Å². The second kappa shape index (κ2) is 4.23. The standard InChI is InChI=1S/C10H16N4O2/c1-13-4-3-7(12-13)10(16)14(2)8-5-11-6-9(8)15/h3-4,8-9,11,15H,5-6H2,1-2H3/t8-,9-/m0/s1. The molecular weight excluding hydrogens is 208 g/mol. The Hall–Kier alpha value is -1.40. The number of aryl methyl sites for hydroxylation is 1. The summed E-state index contributed by atoms with van der Waals surface area (Å²) in [6.07, 6.45) is 1.22. The highest BCUT2D eigenvalue weighted by Gasteiger charge is 2.32. The molecule has 1 aliphatic rings. The van der Waals surface area contributed by atoms with Crippen LogP contribution in [0, 0.1) is 0 Å². The number of aliphatic hydroxyl groups excluding tert-OH is 1. The molecule has 0 spiro atoms. The van der Waals surface area contributed by atoms with Crippen LogP contribution >= 0.6 is 0 Å². The molecule has 0 unspecified atom stereocenters. The summed E-state index contributed by atoms with van der Waals surface area (Å²) in [5.74, 6) is -0.159. The van der Waals surface area contributed by atoms with E-state index in [9.17, 15) is 9.90 Å². The second-order valence-corrected chi connectivity index (χ2v) is 4.08. The lowest BCUT2D eigenvalue weighted by molar-refractivity contribution is 0.0575. The van der Waals surface area contributed by atoms with Crippen molar-refractivity contribution >= 4 is 5.91 Å². The van der Waals surface area contributed by atoms with Crippen molar-refractivity contribution in [1.82, 2.24) is 20.0 Å². The summed E-state index contributed by atoms with van der Waals surface area (Å²) in [5.41, 5.74) is 0.407. The van der Waals surface area contributed by atoms with E-state index in [0.29, 0.717) is 18.8 Å². The molecule has 2 heterocycles. The fraction of sp³-hybridized carbons (Fsp3) is 0.600. The first kappa shape index (κ1) is 11.1. The number of hydrogen-bond acceptors (Lipinski definition) is 4. The van der Waals surface area contributed by atoms with Crippen LogP contribution in [-0.4, -0.2) is 58.0 Å². The minimum atomic E-state index is -0.502. The predicted octanol–water partition coefficient (Wildman–Crippen LogP) is -1.18. The molecule has 16 heavy (non-hydrogen) atoms. The fourth-order valence-corrected chi connectivity index (χ4v) is 1.91. The van der Waals surface area contributed by atoms with Crippen molar-refractivity contribution in [2.45, 2.75) is 12.1 Å². The Morgan fingerprint density at radius 1 is 1.69 bits per heavy atom. The van der Waals surface area contributed by atoms with E-state index in [-0.39, 0.29) is 11.9 Å². The number of β-amino-alcohol motifs (C(OH)–C–C–N with tert-alkyl or cyclic N) is 1. The van der Waals surface area contributed by atoms with Gasteiger partial charge < -0.3 is 15.3 Å². The topological polar surface area (TPSA) is 70.4 Å². The molecule has 2 N–H and O–H groups in total. The zero-order chi connectivity index (χ0) is 11.7. The van der Waals surface area contributed by atoms with E-state index < -0.39 is 6.10 Å². The summed E-state index contributed by atoms with van der Waals surface area (Å²) in [6, 6.07) is 1.50. The highest BCUT2D eigenvalue weighted by molar-refractivity contribution is 5.92. The van der Waals surface area contributed by atoms with Gasteiger partial charge in [0.1, 0.15) is 5.69 Å². The molecule has 1 saturated heterocycles. The Morgan fingerprint density at radius 2 is 2.44 bits per heavy atom. The fourth-order valence-electron chi connectivity index (χ4n) is 1.91. The molecule has 1 fully saturated rings. The lowest BCUT2D eigenvalue weighted by Gasteiger charge is -2.25. The van der Waals surface area contributed by atoms with Crippen LogP contribution in [0.15, 0.2) is 12.3 Å². The van der Waals surface area contributed by atoms with Crippen LogP contribution in [0.2, 0.25) is 0 Å². The van der Waals surface area contributed by atoms with Crippen molar-refractivity contribution in [3.8, 4) is 0 Å². The van der Waals surface area contributed by atoms with Crippen LogP contribution in [0.3, 0.4) is 0 Å². The molecule has 2 rings (SSSR count). The Kier molecular flexibility index (Phi) is 2.93. The maximum absolute atomic E-state index is 12.0. The van der Waals surface area contributed by atoms with Crippen molar-refractivity contribution in [3.63, 3.8) is 0 Å². The molecule has 0 aliphatic carbocycles. The lowest BCUT2D eigenvalue weighted by Crippen LogP contribution is -2.44. The highest BCUT2D eigenvalue weighted by Crippen LogP contribution is 2.10. The van der Waals surface area contributed by atoms with Gasteiger partial charge in [0.15, 0.2) is 0 Å². The third-order valence-corrected chi connectivity index (χ3v) is 2.90. The minimum Gasteiger partial charge on any atom is -0.390 e. The Balaban J connectivity index is 2.10. The SMILES string of the molecule is CN(C(=O)c1ccn(C)n1)[C@H]1CNC[C@@H]1O. The largest absolute Gasteiger partial charge is 0.390 e. The van der Waals surface area contributed by atoms with Gasteiger partial charge in [0.2, 0.25) is 0 Å². The van der Waals surface area contributed by atoms with E-state index in [1.54, 1.807) is 35.9 Å². The molecule has 1 aromatic rings. The maximum atomic E-state index is 12.0. The number of amides is 1. The predicted molar refractivity (Wildman–Crippen MR) is 58.0 cm³/mol. The van der Waals surface area contributed by atoms with Gasteiger partial charge in [-0.05, 0) is 6.07 Å². The number of likely N-dealkylation sites (N-methyl/N-ethyl adjacent to an activating group) is 1. The minimum absolute atomic E-state index is 0.159. The summed E-state index contributed by atoms with van der Waals surface area (Å²) in [6.45, 7) is 1.15. The number of nitrogens with one attached hydrogen (secondary N) is 1. The van der Waals surface area contributed by atoms with Gasteiger partial charge in [0, 0.05) is 33.4 Å². The summed E-state index contributed by atoms with van der Waals surface area (Å²) < 4.78 is 1.59. The zero-order valence-corrected chi connectivity index (χ0v) is 9.42. The molecule has 1 amide bonds. The van der Waals surface area contributed by atoms with Gasteiger partial charge in [-0.2, -0.15) is 5.10 Å². The van der Waals surface area contributed by atoms with Crippen LogP contribution in [0.1, 0.15) is 10.5 Å². The normalized spacial score (nSPS) is 24.7. The summed E-state index contributed by atoms with van der Waals surface area (Å²) >= 11 is 0. The molecule has 0 radical (unpaired) electrons. The van der Waals surface area contributed by atoms with E-state index in [2.05, 4.69) is 10.4 Å². The molecule has 1 aromatic heterocycles. The first-order chi connectivity index (χ1) is 7.59. The third-order valence-electron chi connectivity index (χ3n) is 2.90. The average Bonchev–Trinajstić information content (AvgIpc) is 2.85. The lowest BCUT2D eigenvalue weighted by atomic mass is 10.2. The Bertz CT molecular complexity index is 390. The van der Waals surface area contributed by atoms with Crippen molar-refractivity contribution in [3.05, 3.63) is 18.0 Å². The van der Waals surface area contributed by atoms with Gasteiger partial charge >= 0.3 is 0 Å². The third kappa shape index (κ3) is 1.94.